The molecular formula is C28H30F5N5O7. The number of benzene rings is 1. The van der Waals surface area contributed by atoms with Gasteiger partial charge < -0.3 is 24.6 Å². The third kappa shape index (κ3) is 6.09. The highest BCUT2D eigenvalue weighted by molar-refractivity contribution is 6.09. The van der Waals surface area contributed by atoms with Gasteiger partial charge in [0.2, 0.25) is 17.7 Å². The van der Waals surface area contributed by atoms with E-state index in [1.165, 1.54) is 10.2 Å². The molecule has 4 amide bonds. The van der Waals surface area contributed by atoms with Gasteiger partial charge in [-0.05, 0) is 30.9 Å². The van der Waals surface area contributed by atoms with Gasteiger partial charge in [-0.15, -0.1) is 0 Å². The van der Waals surface area contributed by atoms with Crippen LogP contribution >= 0.6 is 0 Å². The van der Waals surface area contributed by atoms with Crippen molar-refractivity contribution in [3.05, 3.63) is 29.8 Å². The van der Waals surface area contributed by atoms with Crippen LogP contribution in [0.3, 0.4) is 0 Å². The zero-order valence-electron chi connectivity index (χ0n) is 24.4. The highest BCUT2D eigenvalue weighted by Gasteiger charge is 2.64. The second-order valence-electron chi connectivity index (χ2n) is 11.3. The summed E-state index contributed by atoms with van der Waals surface area (Å²) in [6.07, 6.45) is -5.85. The minimum atomic E-state index is -6.19. The predicted octanol–water partition coefficient (Wildman–Crippen LogP) is 2.47. The van der Waals surface area contributed by atoms with Crippen LogP contribution in [0, 0.1) is 17.2 Å². The molecular weight excluding hydrogens is 613 g/mol. The number of anilines is 1. The lowest BCUT2D eigenvalue weighted by atomic mass is 9.79. The van der Waals surface area contributed by atoms with E-state index in [-0.39, 0.29) is 25.3 Å². The number of halogens is 5. The number of likely N-dealkylation sites (tertiary alicyclic amines) is 1. The zero-order valence-corrected chi connectivity index (χ0v) is 24.4. The molecule has 1 aromatic rings. The van der Waals surface area contributed by atoms with Crippen LogP contribution in [-0.4, -0.2) is 97.2 Å². The van der Waals surface area contributed by atoms with E-state index in [1.807, 2.05) is 6.07 Å². The molecule has 4 atom stereocenters. The van der Waals surface area contributed by atoms with E-state index in [4.69, 9.17) is 4.74 Å². The van der Waals surface area contributed by atoms with Crippen LogP contribution in [0.5, 0.6) is 0 Å². The van der Waals surface area contributed by atoms with E-state index in [0.29, 0.717) is 24.1 Å². The topological polar surface area (TPSA) is 149 Å². The summed E-state index contributed by atoms with van der Waals surface area (Å²) in [5.41, 5.74) is -0.549. The number of fused-ring (bicyclic) bond motifs is 2. The number of ether oxygens (including phenoxy) is 2. The Kier molecular flexibility index (Phi) is 9.00. The number of alkyl halides is 5. The van der Waals surface area contributed by atoms with Gasteiger partial charge in [0.25, 0.3) is 0 Å². The van der Waals surface area contributed by atoms with Crippen LogP contribution in [0.15, 0.2) is 24.3 Å². The van der Waals surface area contributed by atoms with Gasteiger partial charge >= 0.3 is 24.2 Å². The molecule has 1 aromatic carbocycles. The molecule has 0 bridgehead atoms. The molecule has 0 unspecified atom stereocenters. The van der Waals surface area contributed by atoms with Gasteiger partial charge in [-0.1, -0.05) is 31.0 Å². The van der Waals surface area contributed by atoms with Gasteiger partial charge in [-0.3, -0.25) is 24.1 Å². The number of hydrogen-bond donors (Lipinski definition) is 1. The molecule has 1 spiro atoms. The van der Waals surface area contributed by atoms with Gasteiger partial charge in [-0.25, -0.2) is 4.79 Å². The molecule has 1 N–H and O–H groups in total. The highest BCUT2D eigenvalue weighted by atomic mass is 19.4. The first-order valence-electron chi connectivity index (χ1n) is 13.8. The fraction of sp³-hybridized carbons (Fsp3) is 0.571. The fourth-order valence-corrected chi connectivity index (χ4v) is 5.73. The van der Waals surface area contributed by atoms with Crippen molar-refractivity contribution in [1.29, 1.82) is 5.26 Å². The Labute approximate surface area is 254 Å². The quantitative estimate of drug-likeness (QED) is 0.319. The van der Waals surface area contributed by atoms with E-state index in [1.54, 1.807) is 24.3 Å². The van der Waals surface area contributed by atoms with Crippen molar-refractivity contribution >= 4 is 35.5 Å². The van der Waals surface area contributed by atoms with Crippen LogP contribution in [0.4, 0.5) is 32.4 Å². The number of hydrogen-bond acceptors (Lipinski definition) is 8. The lowest BCUT2D eigenvalue weighted by molar-refractivity contribution is -0.270. The van der Waals surface area contributed by atoms with Crippen LogP contribution in [-0.2, 0) is 34.1 Å². The summed E-state index contributed by atoms with van der Waals surface area (Å²) in [4.78, 5) is 67.6. The SMILES string of the molecule is COC(=O)OCN1C(=O)[C@]2(C[C@@H](C#N)N(C(=O)[C@H](CC3CC3)N(C)C(=O)[C@H](C)NC(=O)C(F)(F)C(F)(F)F)C2)c2ccccc21. The van der Waals surface area contributed by atoms with Crippen molar-refractivity contribution in [1.82, 2.24) is 15.1 Å². The van der Waals surface area contributed by atoms with Crippen LogP contribution in [0.1, 0.15) is 38.2 Å². The molecule has 1 saturated carbocycles. The van der Waals surface area contributed by atoms with E-state index in [0.717, 1.165) is 30.9 Å². The summed E-state index contributed by atoms with van der Waals surface area (Å²) >= 11 is 0. The van der Waals surface area contributed by atoms with Crippen molar-refractivity contribution in [2.24, 2.45) is 5.92 Å². The van der Waals surface area contributed by atoms with Gasteiger partial charge in [-0.2, -0.15) is 27.2 Å². The van der Waals surface area contributed by atoms with Crippen molar-refractivity contribution in [3.63, 3.8) is 0 Å². The van der Waals surface area contributed by atoms with Crippen molar-refractivity contribution < 1.29 is 55.4 Å². The summed E-state index contributed by atoms with van der Waals surface area (Å²) in [5.74, 6) is -10.9. The molecule has 1 saturated heterocycles. The molecule has 17 heteroatoms. The number of nitrogens with zero attached hydrogens (tertiary/aromatic N) is 4. The van der Waals surface area contributed by atoms with Gasteiger partial charge in [0, 0.05) is 20.0 Å². The Bertz CT molecular complexity index is 1430. The maximum atomic E-state index is 14.1. The third-order valence-corrected chi connectivity index (χ3v) is 8.35. The molecule has 0 radical (unpaired) electrons. The Balaban J connectivity index is 1.59. The van der Waals surface area contributed by atoms with E-state index in [9.17, 15) is 51.2 Å². The Morgan fingerprint density at radius 2 is 1.82 bits per heavy atom. The van der Waals surface area contributed by atoms with Gasteiger partial charge in [0.05, 0.1) is 24.3 Å². The number of likely N-dealkylation sites (N-methyl/N-ethyl adjacent to an activating group) is 1. The maximum Gasteiger partial charge on any atom is 0.509 e. The summed E-state index contributed by atoms with van der Waals surface area (Å²) in [6.45, 7) is 0.111. The Hall–Kier alpha value is -4.49. The summed E-state index contributed by atoms with van der Waals surface area (Å²) < 4.78 is 74.4. The molecule has 2 heterocycles. The van der Waals surface area contributed by atoms with Crippen molar-refractivity contribution in [2.75, 3.05) is 32.3 Å². The fourth-order valence-electron chi connectivity index (χ4n) is 5.73. The predicted molar refractivity (Wildman–Crippen MR) is 142 cm³/mol. The molecule has 0 aromatic heterocycles. The van der Waals surface area contributed by atoms with E-state index < -0.39 is 72.2 Å². The van der Waals surface area contributed by atoms with Crippen LogP contribution in [0.2, 0.25) is 0 Å². The minimum Gasteiger partial charge on any atom is -0.438 e. The number of nitrogens with one attached hydrogen (secondary N) is 1. The molecule has 2 aliphatic heterocycles. The lowest BCUT2D eigenvalue weighted by Gasteiger charge is -2.34. The standard InChI is InChI=1S/C28H30F5N5O7/c1-15(35-23(41)27(29,30)28(31,32)33)21(39)36(2)20(10-16-8-9-16)22(40)37-13-26(11-17(37)12-34)18-6-4-5-7-19(18)38(24(26)42)14-45-25(43)44-3/h4-7,15-17,20H,8-11,13-14H2,1-3H3,(H,35,41)/t15-,17-,20-,26-/m0/s1. The molecule has 244 valence electrons. The Morgan fingerprint density at radius 3 is 2.40 bits per heavy atom. The van der Waals surface area contributed by atoms with Crippen molar-refractivity contribution in [2.45, 2.75) is 68.2 Å². The normalized spacial score (nSPS) is 22.4. The number of amides is 4. The zero-order chi connectivity index (χ0) is 33.5. The number of rotatable bonds is 9. The van der Waals surface area contributed by atoms with Gasteiger partial charge in [0.1, 0.15) is 18.1 Å². The second kappa shape index (κ2) is 12.1. The van der Waals surface area contributed by atoms with Crippen LogP contribution < -0.4 is 10.2 Å². The maximum absolute atomic E-state index is 14.1. The molecule has 4 rings (SSSR count). The summed E-state index contributed by atoms with van der Waals surface area (Å²) in [6, 6.07) is 4.27. The monoisotopic (exact) mass is 643 g/mol. The molecule has 12 nitrogen and oxygen atoms in total. The molecule has 3 aliphatic rings. The third-order valence-electron chi connectivity index (χ3n) is 8.35. The first-order chi connectivity index (χ1) is 21.0. The molecule has 2 fully saturated rings. The van der Waals surface area contributed by atoms with Gasteiger partial charge in [0.15, 0.2) is 6.73 Å². The van der Waals surface area contributed by atoms with Crippen molar-refractivity contribution in [3.8, 4) is 6.07 Å². The van der Waals surface area contributed by atoms with Crippen LogP contribution in [0.25, 0.3) is 0 Å². The largest absolute Gasteiger partial charge is 0.509 e. The Morgan fingerprint density at radius 1 is 1.18 bits per heavy atom. The molecule has 1 aliphatic carbocycles. The number of carbonyl (C=O) groups excluding carboxylic acids is 5. The smallest absolute Gasteiger partial charge is 0.438 e. The lowest BCUT2D eigenvalue weighted by Crippen LogP contribution is -2.58. The second-order valence-corrected chi connectivity index (χ2v) is 11.3. The first-order valence-corrected chi connectivity index (χ1v) is 13.8. The summed E-state index contributed by atoms with van der Waals surface area (Å²) in [7, 11) is 2.24. The number of nitriles is 1. The number of methoxy groups -OCH3 is 1. The first kappa shape index (κ1) is 33.4. The average molecular weight is 644 g/mol. The average Bonchev–Trinajstić information content (AvgIpc) is 3.69. The van der Waals surface area contributed by atoms with E-state index in [2.05, 4.69) is 4.74 Å². The van der Waals surface area contributed by atoms with E-state index >= 15 is 0 Å². The minimum absolute atomic E-state index is 0.00874. The molecule has 45 heavy (non-hydrogen) atoms. The number of para-hydroxylation sites is 1. The summed E-state index contributed by atoms with van der Waals surface area (Å²) in [5, 5.41) is 11.4. The number of carbonyl (C=O) groups is 5. The highest BCUT2D eigenvalue weighted by Crippen LogP contribution is 2.49.